The lowest BCUT2D eigenvalue weighted by atomic mass is 10.1. The number of hydrogen-bond acceptors (Lipinski definition) is 2. The topological polar surface area (TPSA) is 70.2 Å². The fourth-order valence-electron chi connectivity index (χ4n) is 2.12. The van der Waals surface area contributed by atoms with Crippen LogP contribution in [0.2, 0.25) is 0 Å². The Hall–Kier alpha value is -2.41. The Kier molecular flexibility index (Phi) is 5.92. The highest BCUT2D eigenvalue weighted by atomic mass is 79.9. The second-order valence-corrected chi connectivity index (χ2v) is 6.17. The van der Waals surface area contributed by atoms with E-state index in [-0.39, 0.29) is 17.6 Å². The van der Waals surface area contributed by atoms with Gasteiger partial charge in [-0.25, -0.2) is 9.18 Å². The quantitative estimate of drug-likeness (QED) is 0.718. The predicted octanol–water partition coefficient (Wildman–Crippen LogP) is 4.43. The summed E-state index contributed by atoms with van der Waals surface area (Å²) in [6.07, 6.45) is 0. The fraction of sp³-hybridized carbons (Fsp3) is 0.176. The van der Waals surface area contributed by atoms with Crippen LogP contribution in [0.1, 0.15) is 25.5 Å². The van der Waals surface area contributed by atoms with Crippen LogP contribution in [0, 0.1) is 5.82 Å². The molecule has 3 N–H and O–H groups in total. The fourth-order valence-corrected chi connectivity index (χ4v) is 2.53. The molecule has 24 heavy (non-hydrogen) atoms. The first-order valence-corrected chi connectivity index (χ1v) is 8.04. The van der Waals surface area contributed by atoms with Gasteiger partial charge < -0.3 is 16.0 Å². The maximum absolute atomic E-state index is 13.8. The summed E-state index contributed by atoms with van der Waals surface area (Å²) in [5.41, 5.74) is 1.30. The number of urea groups is 1. The van der Waals surface area contributed by atoms with Gasteiger partial charge in [0.1, 0.15) is 5.82 Å². The number of rotatable bonds is 4. The highest BCUT2D eigenvalue weighted by Gasteiger charge is 2.12. The molecule has 0 spiro atoms. The van der Waals surface area contributed by atoms with E-state index in [1.54, 1.807) is 0 Å². The van der Waals surface area contributed by atoms with E-state index < -0.39 is 11.8 Å². The van der Waals surface area contributed by atoms with Gasteiger partial charge in [-0.3, -0.25) is 4.79 Å². The Labute approximate surface area is 147 Å². The minimum atomic E-state index is -0.589. The van der Waals surface area contributed by atoms with Gasteiger partial charge in [-0.05, 0) is 42.8 Å². The van der Waals surface area contributed by atoms with Crippen LogP contribution in [-0.2, 0) is 4.79 Å². The van der Waals surface area contributed by atoms with Gasteiger partial charge in [0.15, 0.2) is 0 Å². The second-order valence-electron chi connectivity index (χ2n) is 5.25. The molecular weight excluding hydrogens is 377 g/mol. The van der Waals surface area contributed by atoms with E-state index in [0.717, 1.165) is 10.0 Å². The Morgan fingerprint density at radius 2 is 1.88 bits per heavy atom. The highest BCUT2D eigenvalue weighted by Crippen LogP contribution is 2.21. The van der Waals surface area contributed by atoms with Crippen LogP contribution >= 0.6 is 15.9 Å². The summed E-state index contributed by atoms with van der Waals surface area (Å²) in [5.74, 6) is -0.866. The molecule has 0 heterocycles. The summed E-state index contributed by atoms with van der Waals surface area (Å²) in [5, 5.41) is 7.72. The van der Waals surface area contributed by atoms with Crippen molar-refractivity contribution < 1.29 is 14.0 Å². The number of halogens is 2. The lowest BCUT2D eigenvalue weighted by Crippen LogP contribution is -2.31. The first kappa shape index (κ1) is 17.9. The van der Waals surface area contributed by atoms with E-state index in [9.17, 15) is 14.0 Å². The van der Waals surface area contributed by atoms with Crippen LogP contribution in [0.15, 0.2) is 46.9 Å². The molecule has 0 saturated heterocycles. The van der Waals surface area contributed by atoms with Gasteiger partial charge >= 0.3 is 6.03 Å². The summed E-state index contributed by atoms with van der Waals surface area (Å²) in [7, 11) is 0. The summed E-state index contributed by atoms with van der Waals surface area (Å²) in [6, 6.07) is 10.7. The molecule has 1 atom stereocenters. The van der Waals surface area contributed by atoms with Crippen LogP contribution in [0.25, 0.3) is 0 Å². The van der Waals surface area contributed by atoms with Gasteiger partial charge in [-0.15, -0.1) is 0 Å². The highest BCUT2D eigenvalue weighted by molar-refractivity contribution is 9.10. The third kappa shape index (κ3) is 5.06. The molecule has 126 valence electrons. The van der Waals surface area contributed by atoms with Gasteiger partial charge in [0.05, 0.1) is 11.7 Å². The molecule has 0 aromatic heterocycles. The number of amides is 3. The molecule has 3 amide bonds. The number of benzene rings is 2. The van der Waals surface area contributed by atoms with Crippen molar-refractivity contribution in [2.45, 2.75) is 19.9 Å². The van der Waals surface area contributed by atoms with E-state index in [0.29, 0.717) is 5.69 Å². The third-order valence-electron chi connectivity index (χ3n) is 3.23. The Balaban J connectivity index is 2.05. The van der Waals surface area contributed by atoms with E-state index >= 15 is 0 Å². The van der Waals surface area contributed by atoms with Crippen LogP contribution < -0.4 is 16.0 Å². The lowest BCUT2D eigenvalue weighted by Gasteiger charge is -2.16. The van der Waals surface area contributed by atoms with Crippen molar-refractivity contribution in [1.29, 1.82) is 0 Å². The van der Waals surface area contributed by atoms with Gasteiger partial charge in [-0.1, -0.05) is 28.1 Å². The van der Waals surface area contributed by atoms with Crippen molar-refractivity contribution in [1.82, 2.24) is 5.32 Å². The van der Waals surface area contributed by atoms with Crippen LogP contribution in [0.4, 0.5) is 20.6 Å². The monoisotopic (exact) mass is 393 g/mol. The van der Waals surface area contributed by atoms with Crippen molar-refractivity contribution in [3.05, 3.63) is 58.3 Å². The van der Waals surface area contributed by atoms with Crippen molar-refractivity contribution in [2.75, 3.05) is 10.6 Å². The van der Waals surface area contributed by atoms with Crippen molar-refractivity contribution in [3.8, 4) is 0 Å². The smallest absolute Gasteiger partial charge is 0.319 e. The first-order valence-electron chi connectivity index (χ1n) is 7.25. The SMILES string of the molecule is CC(=O)Nc1ccc(F)c(NC(=O)NC(C)c2cccc(Br)c2)c1. The number of carbonyl (C=O) groups excluding carboxylic acids is 2. The Morgan fingerprint density at radius 3 is 2.54 bits per heavy atom. The third-order valence-corrected chi connectivity index (χ3v) is 3.72. The maximum Gasteiger partial charge on any atom is 0.319 e. The molecule has 0 bridgehead atoms. The molecule has 2 aromatic carbocycles. The van der Waals surface area contributed by atoms with Crippen molar-refractivity contribution >= 4 is 39.2 Å². The van der Waals surface area contributed by atoms with E-state index in [2.05, 4.69) is 31.9 Å². The molecule has 7 heteroatoms. The van der Waals surface area contributed by atoms with Crippen LogP contribution in [0.5, 0.6) is 0 Å². The zero-order valence-electron chi connectivity index (χ0n) is 13.2. The van der Waals surface area contributed by atoms with Crippen molar-refractivity contribution in [2.24, 2.45) is 0 Å². The Bertz CT molecular complexity index is 767. The van der Waals surface area contributed by atoms with Gasteiger partial charge in [0, 0.05) is 17.1 Å². The number of anilines is 2. The van der Waals surface area contributed by atoms with Crippen LogP contribution in [0.3, 0.4) is 0 Å². The van der Waals surface area contributed by atoms with Gasteiger partial charge in [0.25, 0.3) is 0 Å². The number of nitrogens with one attached hydrogen (secondary N) is 3. The number of hydrogen-bond donors (Lipinski definition) is 3. The molecule has 0 aliphatic heterocycles. The molecule has 0 fully saturated rings. The summed E-state index contributed by atoms with van der Waals surface area (Å²) >= 11 is 3.38. The molecule has 2 rings (SSSR count). The normalized spacial score (nSPS) is 11.5. The molecule has 1 unspecified atom stereocenters. The minimum Gasteiger partial charge on any atom is -0.331 e. The molecule has 5 nitrogen and oxygen atoms in total. The second kappa shape index (κ2) is 7.92. The minimum absolute atomic E-state index is 0.0137. The average Bonchev–Trinajstić information content (AvgIpc) is 2.50. The van der Waals surface area contributed by atoms with E-state index in [1.165, 1.54) is 25.1 Å². The van der Waals surface area contributed by atoms with Crippen LogP contribution in [-0.4, -0.2) is 11.9 Å². The molecule has 0 saturated carbocycles. The molecule has 0 aliphatic carbocycles. The zero-order chi connectivity index (χ0) is 17.7. The zero-order valence-corrected chi connectivity index (χ0v) is 14.8. The maximum atomic E-state index is 13.8. The molecular formula is C17H17BrFN3O2. The molecule has 0 aliphatic rings. The predicted molar refractivity (Wildman–Crippen MR) is 95.4 cm³/mol. The van der Waals surface area contributed by atoms with Gasteiger partial charge in [-0.2, -0.15) is 0 Å². The van der Waals surface area contributed by atoms with Crippen molar-refractivity contribution in [3.63, 3.8) is 0 Å². The largest absolute Gasteiger partial charge is 0.331 e. The summed E-state index contributed by atoms with van der Waals surface area (Å²) < 4.78 is 14.7. The molecule has 2 aromatic rings. The first-order chi connectivity index (χ1) is 11.3. The van der Waals surface area contributed by atoms with E-state index in [4.69, 9.17) is 0 Å². The average molecular weight is 394 g/mol. The summed E-state index contributed by atoms with van der Waals surface area (Å²) in [4.78, 5) is 23.1. The standard InChI is InChI=1S/C17H17BrFN3O2/c1-10(12-4-3-5-13(18)8-12)20-17(24)22-16-9-14(21-11(2)23)6-7-15(16)19/h3-10H,1-2H3,(H,21,23)(H2,20,22,24). The lowest BCUT2D eigenvalue weighted by molar-refractivity contribution is -0.114. The van der Waals surface area contributed by atoms with Gasteiger partial charge in [0.2, 0.25) is 5.91 Å². The molecule has 0 radical (unpaired) electrons. The summed E-state index contributed by atoms with van der Waals surface area (Å²) in [6.45, 7) is 3.17. The van der Waals surface area contributed by atoms with E-state index in [1.807, 2.05) is 31.2 Å². The Morgan fingerprint density at radius 1 is 1.12 bits per heavy atom. The number of carbonyl (C=O) groups is 2.